The van der Waals surface area contributed by atoms with E-state index in [2.05, 4.69) is 16.4 Å². The average molecular weight is 290 g/mol. The predicted octanol–water partition coefficient (Wildman–Crippen LogP) is 3.06. The van der Waals surface area contributed by atoms with Gasteiger partial charge < -0.3 is 14.8 Å². The maximum absolute atomic E-state index is 6.16. The summed E-state index contributed by atoms with van der Waals surface area (Å²) < 4.78 is 11.5. The second-order valence-electron chi connectivity index (χ2n) is 6.33. The number of hydrogen-bond donors (Lipinski definition) is 1. The summed E-state index contributed by atoms with van der Waals surface area (Å²) in [6.07, 6.45) is 10.5. The molecule has 2 heterocycles. The molecular formula is C17H26N2O2. The normalized spacial score (nSPS) is 24.9. The van der Waals surface area contributed by atoms with Crippen LogP contribution in [-0.2, 0) is 11.3 Å². The second kappa shape index (κ2) is 6.75. The zero-order valence-electron chi connectivity index (χ0n) is 12.9. The number of pyridine rings is 1. The van der Waals surface area contributed by atoms with Gasteiger partial charge in [-0.1, -0.05) is 25.3 Å². The summed E-state index contributed by atoms with van der Waals surface area (Å²) in [5.41, 5.74) is 1.29. The van der Waals surface area contributed by atoms with Crippen molar-refractivity contribution in [1.82, 2.24) is 10.3 Å². The predicted molar refractivity (Wildman–Crippen MR) is 82.4 cm³/mol. The van der Waals surface area contributed by atoms with Crippen LogP contribution in [0.15, 0.2) is 18.3 Å². The minimum absolute atomic E-state index is 0.160. The Labute approximate surface area is 127 Å². The molecule has 21 heavy (non-hydrogen) atoms. The first-order valence-corrected chi connectivity index (χ1v) is 8.17. The molecule has 2 aliphatic rings. The topological polar surface area (TPSA) is 43.4 Å². The van der Waals surface area contributed by atoms with Crippen LogP contribution in [0.2, 0.25) is 0 Å². The number of ether oxygens (including phenoxy) is 2. The smallest absolute Gasteiger partial charge is 0.217 e. The van der Waals surface area contributed by atoms with Crippen LogP contribution in [0.25, 0.3) is 0 Å². The maximum atomic E-state index is 6.16. The molecule has 1 unspecified atom stereocenters. The lowest BCUT2D eigenvalue weighted by Crippen LogP contribution is -2.47. The van der Waals surface area contributed by atoms with E-state index in [-0.39, 0.29) is 5.60 Å². The summed E-state index contributed by atoms with van der Waals surface area (Å²) in [4.78, 5) is 4.26. The SMILES string of the molecule is COc1ncccc1CNC1CCOC2(CCCCC2)C1. The molecule has 2 fully saturated rings. The van der Waals surface area contributed by atoms with Gasteiger partial charge in [-0.3, -0.25) is 0 Å². The summed E-state index contributed by atoms with van der Waals surface area (Å²) >= 11 is 0. The summed E-state index contributed by atoms with van der Waals surface area (Å²) in [5.74, 6) is 0.726. The highest BCUT2D eigenvalue weighted by Gasteiger charge is 2.38. The van der Waals surface area contributed by atoms with Gasteiger partial charge in [0.15, 0.2) is 0 Å². The van der Waals surface area contributed by atoms with Crippen molar-refractivity contribution in [3.8, 4) is 5.88 Å². The molecule has 0 amide bonds. The molecule has 1 aliphatic heterocycles. The quantitative estimate of drug-likeness (QED) is 0.925. The third-order valence-electron chi connectivity index (χ3n) is 4.88. The van der Waals surface area contributed by atoms with Gasteiger partial charge in [-0.05, 0) is 31.7 Å². The third kappa shape index (κ3) is 3.55. The van der Waals surface area contributed by atoms with Crippen LogP contribution in [-0.4, -0.2) is 30.3 Å². The number of methoxy groups -OCH3 is 1. The molecule has 1 saturated carbocycles. The largest absolute Gasteiger partial charge is 0.481 e. The minimum Gasteiger partial charge on any atom is -0.481 e. The molecule has 4 heteroatoms. The van der Waals surface area contributed by atoms with E-state index in [1.165, 1.54) is 32.1 Å². The fraction of sp³-hybridized carbons (Fsp3) is 0.706. The van der Waals surface area contributed by atoms with Crippen LogP contribution in [0.1, 0.15) is 50.5 Å². The van der Waals surface area contributed by atoms with Crippen molar-refractivity contribution in [2.24, 2.45) is 0 Å². The third-order valence-corrected chi connectivity index (χ3v) is 4.88. The van der Waals surface area contributed by atoms with Crippen molar-refractivity contribution in [1.29, 1.82) is 0 Å². The highest BCUT2D eigenvalue weighted by atomic mass is 16.5. The van der Waals surface area contributed by atoms with Crippen LogP contribution in [0.3, 0.4) is 0 Å². The zero-order valence-corrected chi connectivity index (χ0v) is 12.9. The van der Waals surface area contributed by atoms with Crippen molar-refractivity contribution in [3.63, 3.8) is 0 Å². The van der Waals surface area contributed by atoms with Crippen LogP contribution >= 0.6 is 0 Å². The maximum Gasteiger partial charge on any atom is 0.217 e. The number of nitrogens with one attached hydrogen (secondary N) is 1. The van der Waals surface area contributed by atoms with E-state index < -0.39 is 0 Å². The average Bonchev–Trinajstić information content (AvgIpc) is 2.54. The standard InChI is InChI=1S/C17H26N2O2/c1-20-16-14(6-5-10-18-16)13-19-15-7-11-21-17(12-15)8-3-2-4-9-17/h5-6,10,15,19H,2-4,7-9,11-13H2,1H3. The van der Waals surface area contributed by atoms with Crippen LogP contribution in [0.4, 0.5) is 0 Å². The molecule has 0 aromatic carbocycles. The molecule has 116 valence electrons. The highest BCUT2D eigenvalue weighted by molar-refractivity contribution is 5.25. The van der Waals surface area contributed by atoms with E-state index in [9.17, 15) is 0 Å². The Kier molecular flexibility index (Phi) is 4.76. The van der Waals surface area contributed by atoms with Crippen LogP contribution < -0.4 is 10.1 Å². The second-order valence-corrected chi connectivity index (χ2v) is 6.33. The molecule has 3 rings (SSSR count). The number of hydrogen-bond acceptors (Lipinski definition) is 4. The van der Waals surface area contributed by atoms with E-state index >= 15 is 0 Å². The Bertz CT molecular complexity index is 452. The number of rotatable bonds is 4. The van der Waals surface area contributed by atoms with Crippen molar-refractivity contribution in [3.05, 3.63) is 23.9 Å². The molecule has 1 aliphatic carbocycles. The molecule has 1 aromatic rings. The number of aromatic nitrogens is 1. The molecule has 1 atom stereocenters. The molecule has 1 N–H and O–H groups in total. The summed E-state index contributed by atoms with van der Waals surface area (Å²) in [7, 11) is 1.68. The molecule has 1 aromatic heterocycles. The first kappa shape index (κ1) is 14.8. The van der Waals surface area contributed by atoms with Gasteiger partial charge in [0.2, 0.25) is 5.88 Å². The first-order chi connectivity index (χ1) is 10.3. The van der Waals surface area contributed by atoms with E-state index in [1.54, 1.807) is 13.3 Å². The van der Waals surface area contributed by atoms with Gasteiger partial charge in [-0.15, -0.1) is 0 Å². The van der Waals surface area contributed by atoms with E-state index in [0.29, 0.717) is 6.04 Å². The molecule has 0 bridgehead atoms. The fourth-order valence-corrected chi connectivity index (χ4v) is 3.74. The molecule has 1 spiro atoms. The van der Waals surface area contributed by atoms with Gasteiger partial charge in [0.1, 0.15) is 0 Å². The molecule has 0 radical (unpaired) electrons. The van der Waals surface area contributed by atoms with Gasteiger partial charge in [0.25, 0.3) is 0 Å². The Morgan fingerprint density at radius 1 is 1.38 bits per heavy atom. The van der Waals surface area contributed by atoms with Gasteiger partial charge in [-0.2, -0.15) is 0 Å². The monoisotopic (exact) mass is 290 g/mol. The minimum atomic E-state index is 0.160. The van der Waals surface area contributed by atoms with Crippen molar-refractivity contribution in [2.45, 2.75) is 63.1 Å². The first-order valence-electron chi connectivity index (χ1n) is 8.17. The lowest BCUT2D eigenvalue weighted by atomic mass is 9.78. The highest BCUT2D eigenvalue weighted by Crippen LogP contribution is 2.38. The Morgan fingerprint density at radius 2 is 2.24 bits per heavy atom. The van der Waals surface area contributed by atoms with E-state index in [0.717, 1.165) is 37.4 Å². The van der Waals surface area contributed by atoms with Gasteiger partial charge in [-0.25, -0.2) is 4.98 Å². The Hall–Kier alpha value is -1.13. The molecule has 1 saturated heterocycles. The lowest BCUT2D eigenvalue weighted by Gasteiger charge is -2.43. The Balaban J connectivity index is 1.57. The van der Waals surface area contributed by atoms with Gasteiger partial charge in [0.05, 0.1) is 12.7 Å². The van der Waals surface area contributed by atoms with Crippen molar-refractivity contribution < 1.29 is 9.47 Å². The van der Waals surface area contributed by atoms with Crippen molar-refractivity contribution >= 4 is 0 Å². The summed E-state index contributed by atoms with van der Waals surface area (Å²) in [6.45, 7) is 1.71. The van der Waals surface area contributed by atoms with Gasteiger partial charge >= 0.3 is 0 Å². The molecule has 4 nitrogen and oxygen atoms in total. The molecular weight excluding hydrogens is 264 g/mol. The zero-order chi connectivity index (χ0) is 14.5. The Morgan fingerprint density at radius 3 is 3.05 bits per heavy atom. The van der Waals surface area contributed by atoms with Crippen LogP contribution in [0, 0.1) is 0 Å². The van der Waals surface area contributed by atoms with Crippen molar-refractivity contribution in [2.75, 3.05) is 13.7 Å². The fourth-order valence-electron chi connectivity index (χ4n) is 3.74. The summed E-state index contributed by atoms with van der Waals surface area (Å²) in [6, 6.07) is 4.59. The summed E-state index contributed by atoms with van der Waals surface area (Å²) in [5, 5.41) is 3.68. The van der Waals surface area contributed by atoms with E-state index in [1.807, 2.05) is 6.07 Å². The van der Waals surface area contributed by atoms with E-state index in [4.69, 9.17) is 9.47 Å². The number of nitrogens with zero attached hydrogens (tertiary/aromatic N) is 1. The van der Waals surface area contributed by atoms with Crippen LogP contribution in [0.5, 0.6) is 5.88 Å². The van der Waals surface area contributed by atoms with Gasteiger partial charge in [0, 0.05) is 31.0 Å². The lowest BCUT2D eigenvalue weighted by molar-refractivity contribution is -0.109.